The van der Waals surface area contributed by atoms with Gasteiger partial charge in [0.15, 0.2) is 9.84 Å². The summed E-state index contributed by atoms with van der Waals surface area (Å²) in [5.41, 5.74) is 5.55. The Morgan fingerprint density at radius 3 is 2.59 bits per heavy atom. The maximum Gasteiger partial charge on any atom is 0.152 e. The highest BCUT2D eigenvalue weighted by atomic mass is 32.2. The summed E-state index contributed by atoms with van der Waals surface area (Å²) in [4.78, 5) is 2.20. The van der Waals surface area contributed by atoms with Crippen molar-refractivity contribution in [3.63, 3.8) is 0 Å². The molecule has 0 aromatic carbocycles. The minimum absolute atomic E-state index is 0.223. The molecule has 5 heteroatoms. The van der Waals surface area contributed by atoms with Gasteiger partial charge in [-0.2, -0.15) is 0 Å². The number of hydrogen-bond acceptors (Lipinski definition) is 4. The summed E-state index contributed by atoms with van der Waals surface area (Å²) in [7, 11) is -0.896. The lowest BCUT2D eigenvalue weighted by Gasteiger charge is -2.46. The van der Waals surface area contributed by atoms with E-state index in [0.29, 0.717) is 18.3 Å². The summed E-state index contributed by atoms with van der Waals surface area (Å²) in [5.74, 6) is 0.547. The maximum absolute atomic E-state index is 11.8. The first-order valence-corrected chi connectivity index (χ1v) is 8.32. The van der Waals surface area contributed by atoms with Gasteiger partial charge in [0.25, 0.3) is 0 Å². The van der Waals surface area contributed by atoms with Crippen LogP contribution in [0.3, 0.4) is 0 Å². The van der Waals surface area contributed by atoms with Crippen molar-refractivity contribution in [2.75, 3.05) is 25.1 Å². The maximum atomic E-state index is 11.8. The minimum atomic E-state index is -2.92. The summed E-state index contributed by atoms with van der Waals surface area (Å²) in [6, 6.07) is 0.386. The molecule has 1 aliphatic heterocycles. The fraction of sp³-hybridized carbons (Fsp3) is 1.00. The highest BCUT2D eigenvalue weighted by molar-refractivity contribution is 7.91. The second-order valence-electron chi connectivity index (χ2n) is 5.37. The molecule has 0 amide bonds. The van der Waals surface area contributed by atoms with Gasteiger partial charge in [-0.25, -0.2) is 8.42 Å². The molecule has 0 aromatic heterocycles. The Kier molecular flexibility index (Phi) is 4.98. The fourth-order valence-electron chi connectivity index (χ4n) is 2.84. The van der Waals surface area contributed by atoms with Crippen LogP contribution < -0.4 is 5.73 Å². The van der Waals surface area contributed by atoms with E-state index in [-0.39, 0.29) is 11.3 Å². The molecule has 1 saturated heterocycles. The largest absolute Gasteiger partial charge is 0.329 e. The van der Waals surface area contributed by atoms with Crippen LogP contribution in [0.2, 0.25) is 0 Å². The molecular formula is C12H26N2O2S. The number of nitrogens with zero attached hydrogens (tertiary/aromatic N) is 1. The third-order valence-corrected chi connectivity index (χ3v) is 5.97. The van der Waals surface area contributed by atoms with Crippen molar-refractivity contribution in [2.45, 2.75) is 51.1 Å². The highest BCUT2D eigenvalue weighted by Gasteiger charge is 2.42. The average Bonchev–Trinajstić information content (AvgIpc) is 2.26. The van der Waals surface area contributed by atoms with Gasteiger partial charge in [-0.15, -0.1) is 0 Å². The lowest BCUT2D eigenvalue weighted by molar-refractivity contribution is 0.0859. The molecule has 2 unspecified atom stereocenters. The number of sulfone groups is 1. The molecule has 1 aliphatic rings. The Bertz CT molecular complexity index is 342. The van der Waals surface area contributed by atoms with E-state index < -0.39 is 9.84 Å². The molecule has 2 N–H and O–H groups in total. The van der Waals surface area contributed by atoms with Crippen molar-refractivity contribution in [2.24, 2.45) is 5.73 Å². The molecule has 17 heavy (non-hydrogen) atoms. The first-order valence-electron chi connectivity index (χ1n) is 6.50. The number of likely N-dealkylation sites (N-methyl/N-ethyl adjacent to an activating group) is 1. The second kappa shape index (κ2) is 5.67. The zero-order valence-electron chi connectivity index (χ0n) is 11.3. The normalized spacial score (nSPS) is 30.4. The van der Waals surface area contributed by atoms with Crippen LogP contribution in [0.25, 0.3) is 0 Å². The van der Waals surface area contributed by atoms with Crippen LogP contribution in [0.1, 0.15) is 39.5 Å². The van der Waals surface area contributed by atoms with E-state index in [0.717, 1.165) is 25.7 Å². The van der Waals surface area contributed by atoms with Gasteiger partial charge in [-0.05, 0) is 33.2 Å². The van der Waals surface area contributed by atoms with Crippen molar-refractivity contribution in [3.05, 3.63) is 0 Å². The van der Waals surface area contributed by atoms with Gasteiger partial charge in [0.05, 0.1) is 11.5 Å². The van der Waals surface area contributed by atoms with Gasteiger partial charge in [0.2, 0.25) is 0 Å². The zero-order chi connectivity index (χ0) is 13.1. The Labute approximate surface area is 105 Å². The van der Waals surface area contributed by atoms with Gasteiger partial charge < -0.3 is 5.73 Å². The molecule has 1 heterocycles. The smallest absolute Gasteiger partial charge is 0.152 e. The van der Waals surface area contributed by atoms with Gasteiger partial charge >= 0.3 is 0 Å². The summed E-state index contributed by atoms with van der Waals surface area (Å²) in [6.07, 6.45) is 3.83. The van der Waals surface area contributed by atoms with E-state index in [1.807, 2.05) is 7.05 Å². The van der Waals surface area contributed by atoms with Crippen LogP contribution in [0.15, 0.2) is 0 Å². The molecule has 4 nitrogen and oxygen atoms in total. The fourth-order valence-corrected chi connectivity index (χ4v) is 4.85. The summed E-state index contributed by atoms with van der Waals surface area (Å²) in [6.45, 7) is 4.73. The molecule has 1 fully saturated rings. The molecule has 2 atom stereocenters. The number of nitrogens with two attached hydrogens (primary N) is 1. The van der Waals surface area contributed by atoms with E-state index in [4.69, 9.17) is 5.73 Å². The topological polar surface area (TPSA) is 63.4 Å². The Hall–Kier alpha value is -0.130. The van der Waals surface area contributed by atoms with Crippen LogP contribution in [0.4, 0.5) is 0 Å². The minimum Gasteiger partial charge on any atom is -0.329 e. The Balaban J connectivity index is 2.87. The Morgan fingerprint density at radius 2 is 2.12 bits per heavy atom. The van der Waals surface area contributed by atoms with E-state index in [1.54, 1.807) is 0 Å². The highest BCUT2D eigenvalue weighted by Crippen LogP contribution is 2.29. The van der Waals surface area contributed by atoms with Crippen molar-refractivity contribution < 1.29 is 8.42 Å². The average molecular weight is 262 g/mol. The summed E-state index contributed by atoms with van der Waals surface area (Å²) in [5, 5.41) is 0. The van der Waals surface area contributed by atoms with E-state index in [9.17, 15) is 8.42 Å². The second-order valence-corrected chi connectivity index (χ2v) is 7.56. The quantitative estimate of drug-likeness (QED) is 0.803. The summed E-state index contributed by atoms with van der Waals surface area (Å²) >= 11 is 0. The van der Waals surface area contributed by atoms with Crippen molar-refractivity contribution >= 4 is 9.84 Å². The molecular weight excluding hydrogens is 236 g/mol. The monoisotopic (exact) mass is 262 g/mol. The predicted octanol–water partition coefficient (Wildman–Crippen LogP) is 1.01. The van der Waals surface area contributed by atoms with Crippen LogP contribution in [0, 0.1) is 0 Å². The number of hydrogen-bond donors (Lipinski definition) is 1. The SMILES string of the molecule is CCCC(C)N(C)C1(CN)CCCS(=O)(=O)C1. The third kappa shape index (κ3) is 3.42. The standard InChI is InChI=1S/C12H26N2O2S/c1-4-6-11(2)14(3)12(9-13)7-5-8-17(15,16)10-12/h11H,4-10,13H2,1-3H3. The van der Waals surface area contributed by atoms with Crippen molar-refractivity contribution in [1.29, 1.82) is 0 Å². The molecule has 0 aliphatic carbocycles. The van der Waals surface area contributed by atoms with E-state index in [2.05, 4.69) is 18.7 Å². The van der Waals surface area contributed by atoms with Crippen LogP contribution in [-0.4, -0.2) is 50.0 Å². The first kappa shape index (κ1) is 14.9. The van der Waals surface area contributed by atoms with Crippen molar-refractivity contribution in [1.82, 2.24) is 4.90 Å². The van der Waals surface area contributed by atoms with Gasteiger partial charge in [-0.1, -0.05) is 13.3 Å². The summed E-state index contributed by atoms with van der Waals surface area (Å²) < 4.78 is 23.7. The third-order valence-electron chi connectivity index (χ3n) is 4.08. The Morgan fingerprint density at radius 1 is 1.47 bits per heavy atom. The molecule has 0 spiro atoms. The van der Waals surface area contributed by atoms with E-state index >= 15 is 0 Å². The van der Waals surface area contributed by atoms with Gasteiger partial charge in [0.1, 0.15) is 0 Å². The lowest BCUT2D eigenvalue weighted by Crippen LogP contribution is -2.61. The van der Waals surface area contributed by atoms with Crippen LogP contribution in [0.5, 0.6) is 0 Å². The van der Waals surface area contributed by atoms with Gasteiger partial charge in [-0.3, -0.25) is 4.90 Å². The van der Waals surface area contributed by atoms with Crippen LogP contribution in [-0.2, 0) is 9.84 Å². The molecule has 102 valence electrons. The zero-order valence-corrected chi connectivity index (χ0v) is 12.1. The molecule has 0 radical (unpaired) electrons. The molecule has 0 aromatic rings. The number of rotatable bonds is 5. The first-order chi connectivity index (χ1) is 7.87. The van der Waals surface area contributed by atoms with Crippen LogP contribution >= 0.6 is 0 Å². The molecule has 0 saturated carbocycles. The molecule has 0 bridgehead atoms. The lowest BCUT2D eigenvalue weighted by atomic mass is 9.91. The van der Waals surface area contributed by atoms with Crippen molar-refractivity contribution in [3.8, 4) is 0 Å². The predicted molar refractivity (Wildman–Crippen MR) is 71.8 cm³/mol. The molecule has 1 rings (SSSR count). The van der Waals surface area contributed by atoms with Gasteiger partial charge in [0, 0.05) is 18.1 Å². The van der Waals surface area contributed by atoms with E-state index in [1.165, 1.54) is 0 Å².